The number of hydrogen-bond acceptors (Lipinski definition) is 3. The van der Waals surface area contributed by atoms with Gasteiger partial charge in [-0.2, -0.15) is 5.10 Å². The number of hydrogen-bond donors (Lipinski definition) is 0. The van der Waals surface area contributed by atoms with Crippen molar-refractivity contribution < 1.29 is 9.53 Å². The van der Waals surface area contributed by atoms with Gasteiger partial charge in [-0.3, -0.25) is 4.79 Å². The van der Waals surface area contributed by atoms with Crippen LogP contribution in [0.5, 0.6) is 0 Å². The molecule has 2 rings (SSSR count). The molecule has 0 aromatic carbocycles. The molecule has 1 atom stereocenters. The maximum absolute atomic E-state index is 10.6. The minimum atomic E-state index is -0.0380. The van der Waals surface area contributed by atoms with Crippen molar-refractivity contribution >= 4 is 6.29 Å². The van der Waals surface area contributed by atoms with Crippen LogP contribution in [0, 0.1) is 0 Å². The van der Waals surface area contributed by atoms with Crippen molar-refractivity contribution in [1.29, 1.82) is 0 Å². The Kier molecular flexibility index (Phi) is 2.40. The first-order chi connectivity index (χ1) is 6.42. The zero-order chi connectivity index (χ0) is 9.10. The average Bonchev–Trinajstić information content (AvgIpc) is 2.67. The summed E-state index contributed by atoms with van der Waals surface area (Å²) < 4.78 is 7.17. The van der Waals surface area contributed by atoms with Crippen molar-refractivity contribution in [3.05, 3.63) is 18.0 Å². The Bertz CT molecular complexity index is 290. The highest BCUT2D eigenvalue weighted by atomic mass is 16.5. The third-order valence-corrected chi connectivity index (χ3v) is 2.25. The molecule has 0 amide bonds. The maximum atomic E-state index is 10.6. The van der Waals surface area contributed by atoms with Gasteiger partial charge >= 0.3 is 0 Å². The Balaban J connectivity index is 2.17. The normalized spacial score (nSPS) is 22.9. The quantitative estimate of drug-likeness (QED) is 0.646. The summed E-state index contributed by atoms with van der Waals surface area (Å²) >= 11 is 0. The van der Waals surface area contributed by atoms with E-state index in [4.69, 9.17) is 4.74 Å². The van der Waals surface area contributed by atoms with Gasteiger partial charge in [-0.25, -0.2) is 4.68 Å². The van der Waals surface area contributed by atoms with Crippen molar-refractivity contribution in [2.24, 2.45) is 0 Å². The number of rotatable bonds is 2. The predicted octanol–water partition coefficient (Wildman–Crippen LogP) is 1.39. The van der Waals surface area contributed by atoms with Crippen molar-refractivity contribution in [2.45, 2.75) is 25.5 Å². The highest BCUT2D eigenvalue weighted by Gasteiger charge is 2.17. The van der Waals surface area contributed by atoms with Gasteiger partial charge in [0.2, 0.25) is 0 Å². The largest absolute Gasteiger partial charge is 0.356 e. The topological polar surface area (TPSA) is 44.1 Å². The Morgan fingerprint density at radius 2 is 2.54 bits per heavy atom. The van der Waals surface area contributed by atoms with Gasteiger partial charge in [0, 0.05) is 12.8 Å². The Labute approximate surface area is 76.5 Å². The molecule has 1 aliphatic heterocycles. The molecule has 0 spiro atoms. The molecule has 0 aliphatic carbocycles. The maximum Gasteiger partial charge on any atom is 0.168 e. The fourth-order valence-corrected chi connectivity index (χ4v) is 1.58. The van der Waals surface area contributed by atoms with Crippen LogP contribution in [0.4, 0.5) is 0 Å². The second kappa shape index (κ2) is 3.70. The molecule has 13 heavy (non-hydrogen) atoms. The van der Waals surface area contributed by atoms with Crippen LogP contribution in [0.2, 0.25) is 0 Å². The summed E-state index contributed by atoms with van der Waals surface area (Å²) in [5, 5.41) is 4.07. The van der Waals surface area contributed by atoms with Gasteiger partial charge in [-0.15, -0.1) is 0 Å². The van der Waals surface area contributed by atoms with Crippen LogP contribution in [0.15, 0.2) is 12.3 Å². The Morgan fingerprint density at radius 3 is 3.23 bits per heavy atom. The SMILES string of the molecule is O=Cc1ccnn1C1CCCCO1. The van der Waals surface area contributed by atoms with E-state index < -0.39 is 0 Å². The highest BCUT2D eigenvalue weighted by molar-refractivity contribution is 5.71. The molecule has 1 aliphatic rings. The lowest BCUT2D eigenvalue weighted by molar-refractivity contribution is -0.0402. The van der Waals surface area contributed by atoms with E-state index in [2.05, 4.69) is 5.10 Å². The first-order valence-corrected chi connectivity index (χ1v) is 4.52. The highest BCUT2D eigenvalue weighted by Crippen LogP contribution is 2.22. The molecule has 1 aromatic rings. The van der Waals surface area contributed by atoms with Crippen LogP contribution in [-0.4, -0.2) is 22.7 Å². The molecular formula is C9H12N2O2. The number of nitrogens with zero attached hydrogens (tertiary/aromatic N) is 2. The number of carbonyl (C=O) groups is 1. The first kappa shape index (κ1) is 8.44. The Morgan fingerprint density at radius 1 is 1.62 bits per heavy atom. The zero-order valence-electron chi connectivity index (χ0n) is 7.35. The van der Waals surface area contributed by atoms with E-state index in [0.29, 0.717) is 5.69 Å². The number of aromatic nitrogens is 2. The fourth-order valence-electron chi connectivity index (χ4n) is 1.58. The lowest BCUT2D eigenvalue weighted by atomic mass is 10.2. The molecule has 1 aromatic heterocycles. The van der Waals surface area contributed by atoms with E-state index in [1.807, 2.05) is 0 Å². The molecule has 4 nitrogen and oxygen atoms in total. The van der Waals surface area contributed by atoms with Crippen LogP contribution in [0.3, 0.4) is 0 Å². The number of aldehydes is 1. The van der Waals surface area contributed by atoms with Crippen molar-refractivity contribution in [1.82, 2.24) is 9.78 Å². The fraction of sp³-hybridized carbons (Fsp3) is 0.556. The lowest BCUT2D eigenvalue weighted by Gasteiger charge is -2.23. The summed E-state index contributed by atoms with van der Waals surface area (Å²) in [7, 11) is 0. The van der Waals surface area contributed by atoms with Crippen LogP contribution in [0.1, 0.15) is 36.0 Å². The average molecular weight is 180 g/mol. The van der Waals surface area contributed by atoms with Crippen molar-refractivity contribution in [2.75, 3.05) is 6.61 Å². The molecule has 0 saturated carbocycles. The summed E-state index contributed by atoms with van der Waals surface area (Å²) in [5.74, 6) is 0. The summed E-state index contributed by atoms with van der Waals surface area (Å²) in [6, 6.07) is 1.70. The summed E-state index contributed by atoms with van der Waals surface area (Å²) in [6.45, 7) is 0.767. The van der Waals surface area contributed by atoms with Crippen molar-refractivity contribution in [3.8, 4) is 0 Å². The second-order valence-corrected chi connectivity index (χ2v) is 3.14. The smallest absolute Gasteiger partial charge is 0.168 e. The minimum Gasteiger partial charge on any atom is -0.356 e. The zero-order valence-corrected chi connectivity index (χ0v) is 7.35. The molecule has 0 bridgehead atoms. The third kappa shape index (κ3) is 1.62. The van der Waals surface area contributed by atoms with Gasteiger partial charge in [-0.1, -0.05) is 0 Å². The van der Waals surface area contributed by atoms with Gasteiger partial charge in [0.25, 0.3) is 0 Å². The van der Waals surface area contributed by atoms with E-state index in [1.165, 1.54) is 0 Å². The third-order valence-electron chi connectivity index (χ3n) is 2.25. The van der Waals surface area contributed by atoms with E-state index >= 15 is 0 Å². The minimum absolute atomic E-state index is 0.0380. The molecule has 0 N–H and O–H groups in total. The van der Waals surface area contributed by atoms with Crippen LogP contribution in [-0.2, 0) is 4.74 Å². The molecule has 0 radical (unpaired) electrons. The standard InChI is InChI=1S/C9H12N2O2/c12-7-8-4-5-10-11(8)9-3-1-2-6-13-9/h4-5,7,9H,1-3,6H2. The van der Waals surface area contributed by atoms with E-state index in [1.54, 1.807) is 16.9 Å². The summed E-state index contributed by atoms with van der Waals surface area (Å²) in [5.41, 5.74) is 0.590. The van der Waals surface area contributed by atoms with Gasteiger partial charge in [0.1, 0.15) is 5.69 Å². The second-order valence-electron chi connectivity index (χ2n) is 3.14. The van der Waals surface area contributed by atoms with Gasteiger partial charge in [0.05, 0.1) is 0 Å². The van der Waals surface area contributed by atoms with Crippen LogP contribution in [0.25, 0.3) is 0 Å². The Hall–Kier alpha value is -1.16. The number of ether oxygens (including phenoxy) is 1. The predicted molar refractivity (Wildman–Crippen MR) is 46.5 cm³/mol. The summed E-state index contributed by atoms with van der Waals surface area (Å²) in [6.07, 6.45) is 5.59. The molecule has 1 fully saturated rings. The lowest BCUT2D eigenvalue weighted by Crippen LogP contribution is -2.20. The van der Waals surface area contributed by atoms with Crippen molar-refractivity contribution in [3.63, 3.8) is 0 Å². The van der Waals surface area contributed by atoms with E-state index in [0.717, 1.165) is 32.2 Å². The van der Waals surface area contributed by atoms with Crippen LogP contribution >= 0.6 is 0 Å². The van der Waals surface area contributed by atoms with E-state index in [9.17, 15) is 4.79 Å². The number of carbonyl (C=O) groups excluding carboxylic acids is 1. The summed E-state index contributed by atoms with van der Waals surface area (Å²) in [4.78, 5) is 10.6. The van der Waals surface area contributed by atoms with Gasteiger partial charge in [-0.05, 0) is 25.3 Å². The molecule has 70 valence electrons. The van der Waals surface area contributed by atoms with E-state index in [-0.39, 0.29) is 6.23 Å². The van der Waals surface area contributed by atoms with Gasteiger partial charge in [0.15, 0.2) is 12.5 Å². The molecule has 1 unspecified atom stereocenters. The molecule has 2 heterocycles. The van der Waals surface area contributed by atoms with Crippen LogP contribution < -0.4 is 0 Å². The first-order valence-electron chi connectivity index (χ1n) is 4.52. The van der Waals surface area contributed by atoms with Gasteiger partial charge < -0.3 is 4.74 Å². The molecule has 1 saturated heterocycles. The monoisotopic (exact) mass is 180 g/mol. The molecule has 4 heteroatoms. The molecular weight excluding hydrogens is 168 g/mol.